The SMILES string of the molecule is CCN(CC)C(N)=NCc1cccc(S(=O)(=O)NCCOC)c1. The summed E-state index contributed by atoms with van der Waals surface area (Å²) in [7, 11) is -2.02. The summed E-state index contributed by atoms with van der Waals surface area (Å²) in [5.41, 5.74) is 6.71. The van der Waals surface area contributed by atoms with Crippen molar-refractivity contribution < 1.29 is 13.2 Å². The summed E-state index contributed by atoms with van der Waals surface area (Å²) in [5, 5.41) is 0. The van der Waals surface area contributed by atoms with Crippen molar-refractivity contribution in [1.29, 1.82) is 0 Å². The normalized spacial score (nSPS) is 12.4. The Bertz CT molecular complexity index is 613. The molecule has 0 aliphatic carbocycles. The smallest absolute Gasteiger partial charge is 0.240 e. The highest BCUT2D eigenvalue weighted by Crippen LogP contribution is 2.12. The molecule has 0 atom stereocenters. The Morgan fingerprint density at radius 2 is 2.04 bits per heavy atom. The number of hydrogen-bond donors (Lipinski definition) is 2. The van der Waals surface area contributed by atoms with Crippen LogP contribution in [0.5, 0.6) is 0 Å². The number of nitrogens with one attached hydrogen (secondary N) is 1. The number of sulfonamides is 1. The minimum absolute atomic E-state index is 0.211. The molecule has 0 aliphatic rings. The van der Waals surface area contributed by atoms with E-state index in [2.05, 4.69) is 9.71 Å². The molecule has 0 heterocycles. The van der Waals surface area contributed by atoms with Crippen LogP contribution in [0.3, 0.4) is 0 Å². The lowest BCUT2D eigenvalue weighted by molar-refractivity contribution is 0.204. The zero-order chi connectivity index (χ0) is 17.3. The summed E-state index contributed by atoms with van der Waals surface area (Å²) in [6.07, 6.45) is 0. The maximum absolute atomic E-state index is 12.2. The molecule has 8 heteroatoms. The predicted octanol–water partition coefficient (Wildman–Crippen LogP) is 0.768. The molecule has 7 nitrogen and oxygen atoms in total. The molecule has 130 valence electrons. The molecule has 1 aromatic carbocycles. The maximum Gasteiger partial charge on any atom is 0.240 e. The van der Waals surface area contributed by atoms with Crippen LogP contribution in [-0.4, -0.2) is 52.6 Å². The molecule has 0 bridgehead atoms. The minimum atomic E-state index is -3.54. The molecule has 1 aromatic rings. The van der Waals surface area contributed by atoms with Crippen LogP contribution >= 0.6 is 0 Å². The van der Waals surface area contributed by atoms with Gasteiger partial charge in [0.15, 0.2) is 5.96 Å². The Hall–Kier alpha value is -1.64. The summed E-state index contributed by atoms with van der Waals surface area (Å²) in [5.74, 6) is 0.460. The van der Waals surface area contributed by atoms with E-state index < -0.39 is 10.0 Å². The summed E-state index contributed by atoms with van der Waals surface area (Å²) in [6.45, 7) is 6.46. The Morgan fingerprint density at radius 3 is 2.65 bits per heavy atom. The molecule has 0 radical (unpaired) electrons. The van der Waals surface area contributed by atoms with E-state index in [4.69, 9.17) is 10.5 Å². The number of hydrogen-bond acceptors (Lipinski definition) is 4. The van der Waals surface area contributed by atoms with Gasteiger partial charge in [0, 0.05) is 26.7 Å². The molecule has 0 aromatic heterocycles. The molecule has 0 aliphatic heterocycles. The van der Waals surface area contributed by atoms with Crippen molar-refractivity contribution in [2.45, 2.75) is 25.3 Å². The van der Waals surface area contributed by atoms with Crippen LogP contribution in [0.25, 0.3) is 0 Å². The van der Waals surface area contributed by atoms with E-state index in [1.165, 1.54) is 7.11 Å². The molecule has 0 unspecified atom stereocenters. The van der Waals surface area contributed by atoms with Crippen LogP contribution < -0.4 is 10.5 Å². The first kappa shape index (κ1) is 19.4. The third-order valence-electron chi connectivity index (χ3n) is 3.32. The van der Waals surface area contributed by atoms with Crippen LogP contribution in [0.2, 0.25) is 0 Å². The molecule has 0 amide bonds. The third-order valence-corrected chi connectivity index (χ3v) is 4.78. The van der Waals surface area contributed by atoms with E-state index >= 15 is 0 Å². The number of benzene rings is 1. The summed E-state index contributed by atoms with van der Waals surface area (Å²) >= 11 is 0. The van der Waals surface area contributed by atoms with Crippen LogP contribution in [-0.2, 0) is 21.3 Å². The lowest BCUT2D eigenvalue weighted by Crippen LogP contribution is -2.37. The second-order valence-electron chi connectivity index (χ2n) is 4.88. The monoisotopic (exact) mass is 342 g/mol. The zero-order valence-electron chi connectivity index (χ0n) is 13.9. The second kappa shape index (κ2) is 9.49. The Balaban J connectivity index is 2.83. The molecule has 23 heavy (non-hydrogen) atoms. The van der Waals surface area contributed by atoms with Gasteiger partial charge in [0.05, 0.1) is 18.0 Å². The fourth-order valence-electron chi connectivity index (χ4n) is 1.99. The molecule has 0 fully saturated rings. The Labute approximate surface area is 138 Å². The van der Waals surface area contributed by atoms with E-state index in [-0.39, 0.29) is 11.4 Å². The van der Waals surface area contributed by atoms with Gasteiger partial charge in [-0.2, -0.15) is 0 Å². The van der Waals surface area contributed by atoms with E-state index in [9.17, 15) is 8.42 Å². The fraction of sp³-hybridized carbons (Fsp3) is 0.533. The van der Waals surface area contributed by atoms with Gasteiger partial charge >= 0.3 is 0 Å². The third kappa shape index (κ3) is 6.17. The highest BCUT2D eigenvalue weighted by atomic mass is 32.2. The molecular weight excluding hydrogens is 316 g/mol. The summed E-state index contributed by atoms with van der Waals surface area (Å²) in [6, 6.07) is 6.68. The van der Waals surface area contributed by atoms with Crippen LogP contribution in [0.15, 0.2) is 34.2 Å². The first-order valence-electron chi connectivity index (χ1n) is 7.57. The molecule has 0 spiro atoms. The Morgan fingerprint density at radius 1 is 1.35 bits per heavy atom. The number of methoxy groups -OCH3 is 1. The van der Waals surface area contributed by atoms with Crippen molar-refractivity contribution in [3.05, 3.63) is 29.8 Å². The van der Waals surface area contributed by atoms with E-state index in [1.807, 2.05) is 24.8 Å². The van der Waals surface area contributed by atoms with Gasteiger partial charge in [-0.05, 0) is 31.5 Å². The fourth-order valence-corrected chi connectivity index (χ4v) is 3.08. The minimum Gasteiger partial charge on any atom is -0.383 e. The quantitative estimate of drug-likeness (QED) is 0.392. The average molecular weight is 342 g/mol. The first-order valence-corrected chi connectivity index (χ1v) is 9.05. The maximum atomic E-state index is 12.2. The van der Waals surface area contributed by atoms with Gasteiger partial charge in [0.2, 0.25) is 10.0 Å². The van der Waals surface area contributed by atoms with Crippen molar-refractivity contribution in [2.75, 3.05) is 33.4 Å². The van der Waals surface area contributed by atoms with Crippen molar-refractivity contribution in [3.63, 3.8) is 0 Å². The summed E-state index contributed by atoms with van der Waals surface area (Å²) < 4.78 is 31.7. The largest absolute Gasteiger partial charge is 0.383 e. The van der Waals surface area contributed by atoms with Crippen molar-refractivity contribution in [2.24, 2.45) is 10.7 Å². The van der Waals surface area contributed by atoms with Crippen LogP contribution in [0.1, 0.15) is 19.4 Å². The number of aliphatic imine (C=N–C) groups is 1. The number of nitrogens with two attached hydrogens (primary N) is 1. The highest BCUT2D eigenvalue weighted by molar-refractivity contribution is 7.89. The lowest BCUT2D eigenvalue weighted by Gasteiger charge is -2.19. The topological polar surface area (TPSA) is 97.0 Å². The van der Waals surface area contributed by atoms with E-state index in [0.717, 1.165) is 18.7 Å². The molecular formula is C15H26N4O3S. The number of guanidine groups is 1. The Kier molecular flexibility index (Phi) is 8.01. The molecule has 0 saturated carbocycles. The van der Waals surface area contributed by atoms with Gasteiger partial charge in [-0.25, -0.2) is 18.1 Å². The van der Waals surface area contributed by atoms with Gasteiger partial charge in [-0.15, -0.1) is 0 Å². The van der Waals surface area contributed by atoms with E-state index in [1.54, 1.807) is 18.2 Å². The van der Waals surface area contributed by atoms with Gasteiger partial charge in [-0.1, -0.05) is 12.1 Å². The highest BCUT2D eigenvalue weighted by Gasteiger charge is 2.13. The van der Waals surface area contributed by atoms with Crippen molar-refractivity contribution in [1.82, 2.24) is 9.62 Å². The lowest BCUT2D eigenvalue weighted by atomic mass is 10.2. The van der Waals surface area contributed by atoms with Crippen LogP contribution in [0.4, 0.5) is 0 Å². The summed E-state index contributed by atoms with van der Waals surface area (Å²) in [4.78, 5) is 6.47. The number of rotatable bonds is 9. The van der Waals surface area contributed by atoms with Gasteiger partial charge in [0.1, 0.15) is 0 Å². The van der Waals surface area contributed by atoms with Crippen LogP contribution in [0, 0.1) is 0 Å². The van der Waals surface area contributed by atoms with E-state index in [0.29, 0.717) is 19.1 Å². The number of ether oxygens (including phenoxy) is 1. The first-order chi connectivity index (χ1) is 10.9. The van der Waals surface area contributed by atoms with Gasteiger partial charge in [0.25, 0.3) is 0 Å². The number of nitrogens with zero attached hydrogens (tertiary/aromatic N) is 2. The average Bonchev–Trinajstić information content (AvgIpc) is 2.54. The predicted molar refractivity (Wildman–Crippen MR) is 91.8 cm³/mol. The second-order valence-corrected chi connectivity index (χ2v) is 6.65. The zero-order valence-corrected chi connectivity index (χ0v) is 14.8. The molecule has 1 rings (SSSR count). The van der Waals surface area contributed by atoms with Crippen molar-refractivity contribution in [3.8, 4) is 0 Å². The van der Waals surface area contributed by atoms with Gasteiger partial charge < -0.3 is 15.4 Å². The van der Waals surface area contributed by atoms with Crippen molar-refractivity contribution >= 4 is 16.0 Å². The molecule has 0 saturated heterocycles. The van der Waals surface area contributed by atoms with Gasteiger partial charge in [-0.3, -0.25) is 0 Å². The standard InChI is InChI=1S/C15H26N4O3S/c1-4-19(5-2)15(16)17-12-13-7-6-8-14(11-13)23(20,21)18-9-10-22-3/h6-8,11,18H,4-5,9-10,12H2,1-3H3,(H2,16,17). The molecule has 3 N–H and O–H groups in total.